The summed E-state index contributed by atoms with van der Waals surface area (Å²) in [6.45, 7) is 0.921. The van der Waals surface area contributed by atoms with Gasteiger partial charge in [0.2, 0.25) is 0 Å². The molecule has 8 heteroatoms. The van der Waals surface area contributed by atoms with Crippen LogP contribution in [-0.4, -0.2) is 37.8 Å². The minimum Gasteiger partial charge on any atom is -0.507 e. The molecule has 31 heavy (non-hydrogen) atoms. The van der Waals surface area contributed by atoms with Crippen LogP contribution in [0.1, 0.15) is 23.6 Å². The number of Topliss-reactive ketones (excluding diaryl/α,β-unsaturated/α-hetero) is 1. The molecule has 3 aromatic rings. The van der Waals surface area contributed by atoms with E-state index in [1.807, 2.05) is 10.8 Å². The smallest absolute Gasteiger partial charge is 0.295 e. The molecule has 0 unspecified atom stereocenters. The zero-order chi connectivity index (χ0) is 22.0. The number of imidazole rings is 1. The van der Waals surface area contributed by atoms with E-state index >= 15 is 0 Å². The molecule has 2 aromatic carbocycles. The van der Waals surface area contributed by atoms with Crippen molar-refractivity contribution in [2.75, 3.05) is 6.54 Å². The van der Waals surface area contributed by atoms with Crippen LogP contribution in [0.15, 0.2) is 72.8 Å². The van der Waals surface area contributed by atoms with E-state index in [-0.39, 0.29) is 16.9 Å². The summed E-state index contributed by atoms with van der Waals surface area (Å²) in [5.74, 6) is -2.26. The predicted molar refractivity (Wildman–Crippen MR) is 114 cm³/mol. The van der Waals surface area contributed by atoms with E-state index in [9.17, 15) is 19.1 Å². The molecule has 6 nitrogen and oxygen atoms in total. The second-order valence-corrected chi connectivity index (χ2v) is 7.64. The fourth-order valence-electron chi connectivity index (χ4n) is 3.71. The molecule has 0 spiro atoms. The summed E-state index contributed by atoms with van der Waals surface area (Å²) in [5, 5.41) is 11.4. The van der Waals surface area contributed by atoms with Gasteiger partial charge in [-0.05, 0) is 48.4 Å². The van der Waals surface area contributed by atoms with Gasteiger partial charge >= 0.3 is 0 Å². The maximum atomic E-state index is 13.3. The molecule has 1 amide bonds. The van der Waals surface area contributed by atoms with Gasteiger partial charge < -0.3 is 14.6 Å². The average molecular weight is 440 g/mol. The number of likely N-dealkylation sites (tertiary alicyclic amines) is 1. The molecule has 0 aliphatic carbocycles. The summed E-state index contributed by atoms with van der Waals surface area (Å²) >= 11 is 6.01. The molecule has 1 fully saturated rings. The van der Waals surface area contributed by atoms with Crippen molar-refractivity contribution in [3.63, 3.8) is 0 Å². The Morgan fingerprint density at radius 1 is 1.06 bits per heavy atom. The number of hydrogen-bond donors (Lipinski definition) is 1. The van der Waals surface area contributed by atoms with E-state index in [2.05, 4.69) is 4.98 Å². The van der Waals surface area contributed by atoms with Crippen molar-refractivity contribution in [1.29, 1.82) is 0 Å². The van der Waals surface area contributed by atoms with Gasteiger partial charge in [-0.3, -0.25) is 9.59 Å². The zero-order valence-electron chi connectivity index (χ0n) is 16.4. The Morgan fingerprint density at radius 3 is 2.42 bits per heavy atom. The Hall–Kier alpha value is -3.45. The maximum absolute atomic E-state index is 13.3. The van der Waals surface area contributed by atoms with E-state index in [4.69, 9.17) is 11.6 Å². The van der Waals surface area contributed by atoms with Gasteiger partial charge in [-0.25, -0.2) is 9.37 Å². The quantitative estimate of drug-likeness (QED) is 0.355. The molecule has 1 aromatic heterocycles. The number of nitrogens with zero attached hydrogens (tertiary/aromatic N) is 3. The van der Waals surface area contributed by atoms with Gasteiger partial charge in [-0.15, -0.1) is 0 Å². The number of ketones is 1. The van der Waals surface area contributed by atoms with Crippen LogP contribution in [0.3, 0.4) is 0 Å². The molecule has 0 radical (unpaired) electrons. The van der Waals surface area contributed by atoms with Gasteiger partial charge in [0.05, 0.1) is 17.9 Å². The van der Waals surface area contributed by atoms with Crippen molar-refractivity contribution in [3.05, 3.63) is 94.8 Å². The molecule has 1 atom stereocenters. The lowest BCUT2D eigenvalue weighted by atomic mass is 9.95. The first-order chi connectivity index (χ1) is 15.0. The Bertz CT molecular complexity index is 1130. The van der Waals surface area contributed by atoms with E-state index in [0.717, 1.165) is 0 Å². The maximum Gasteiger partial charge on any atom is 0.295 e. The van der Waals surface area contributed by atoms with Crippen LogP contribution in [0.4, 0.5) is 4.39 Å². The van der Waals surface area contributed by atoms with Crippen LogP contribution in [0.2, 0.25) is 5.02 Å². The number of aromatic nitrogens is 2. The van der Waals surface area contributed by atoms with Crippen LogP contribution in [0, 0.1) is 5.82 Å². The first-order valence-corrected chi connectivity index (χ1v) is 10.1. The summed E-state index contributed by atoms with van der Waals surface area (Å²) < 4.78 is 15.2. The van der Waals surface area contributed by atoms with E-state index in [0.29, 0.717) is 30.1 Å². The number of carbonyl (C=O) groups excluding carboxylic acids is 2. The van der Waals surface area contributed by atoms with Crippen LogP contribution < -0.4 is 0 Å². The van der Waals surface area contributed by atoms with E-state index in [1.165, 1.54) is 29.2 Å². The second kappa shape index (κ2) is 8.73. The van der Waals surface area contributed by atoms with Crippen molar-refractivity contribution >= 4 is 29.1 Å². The molecule has 0 saturated carbocycles. The van der Waals surface area contributed by atoms with Crippen molar-refractivity contribution in [3.8, 4) is 0 Å². The fourth-order valence-corrected chi connectivity index (χ4v) is 3.83. The highest BCUT2D eigenvalue weighted by Crippen LogP contribution is 2.39. The minimum absolute atomic E-state index is 0.0263. The number of carbonyl (C=O) groups is 2. The molecule has 158 valence electrons. The topological polar surface area (TPSA) is 75.4 Å². The molecule has 2 heterocycles. The summed E-state index contributed by atoms with van der Waals surface area (Å²) in [5.41, 5.74) is 0.883. The monoisotopic (exact) mass is 439 g/mol. The Labute approximate surface area is 183 Å². The van der Waals surface area contributed by atoms with Crippen LogP contribution in [0.25, 0.3) is 5.76 Å². The van der Waals surface area contributed by atoms with E-state index in [1.54, 1.807) is 36.8 Å². The lowest BCUT2D eigenvalue weighted by Gasteiger charge is -2.25. The molecule has 1 aliphatic heterocycles. The van der Waals surface area contributed by atoms with Crippen LogP contribution in [0.5, 0.6) is 0 Å². The second-order valence-electron chi connectivity index (χ2n) is 7.20. The lowest BCUT2D eigenvalue weighted by molar-refractivity contribution is -0.139. The molecular weight excluding hydrogens is 421 g/mol. The summed E-state index contributed by atoms with van der Waals surface area (Å²) in [6.07, 6.45) is 5.76. The molecular formula is C23H19ClFN3O3. The Kier molecular flexibility index (Phi) is 5.86. The number of benzene rings is 2. The largest absolute Gasteiger partial charge is 0.507 e. The van der Waals surface area contributed by atoms with Crippen molar-refractivity contribution in [2.45, 2.75) is 19.0 Å². The Morgan fingerprint density at radius 2 is 1.77 bits per heavy atom. The number of aryl methyl sites for hydroxylation is 1. The number of rotatable bonds is 6. The van der Waals surface area contributed by atoms with Gasteiger partial charge in [-0.2, -0.15) is 0 Å². The first kappa shape index (κ1) is 20.8. The van der Waals surface area contributed by atoms with E-state index < -0.39 is 23.5 Å². The zero-order valence-corrected chi connectivity index (χ0v) is 17.2. The fraction of sp³-hybridized carbons (Fsp3) is 0.174. The number of amides is 1. The average Bonchev–Trinajstić information content (AvgIpc) is 3.37. The van der Waals surface area contributed by atoms with Crippen LogP contribution >= 0.6 is 11.6 Å². The first-order valence-electron chi connectivity index (χ1n) is 9.71. The van der Waals surface area contributed by atoms with Crippen molar-refractivity contribution in [2.24, 2.45) is 0 Å². The van der Waals surface area contributed by atoms with Crippen LogP contribution in [-0.2, 0) is 16.1 Å². The predicted octanol–water partition coefficient (Wildman–Crippen LogP) is 4.19. The SMILES string of the molecule is O=C1C(=O)N(CCCn2ccnc2)[C@@H](c2ccc(Cl)cc2)C1=C(O)c1ccc(F)cc1. The van der Waals surface area contributed by atoms with Gasteiger partial charge in [-0.1, -0.05) is 23.7 Å². The minimum atomic E-state index is -0.774. The molecule has 0 bridgehead atoms. The van der Waals surface area contributed by atoms with Gasteiger partial charge in [0.1, 0.15) is 11.6 Å². The summed E-state index contributed by atoms with van der Waals surface area (Å²) in [4.78, 5) is 31.2. The van der Waals surface area contributed by atoms with Gasteiger partial charge in [0, 0.05) is 36.1 Å². The third-order valence-corrected chi connectivity index (χ3v) is 5.47. The molecule has 1 aliphatic rings. The highest BCUT2D eigenvalue weighted by atomic mass is 35.5. The standard InChI is InChI=1S/C23H19ClFN3O3/c24-17-6-2-15(3-7-17)20-19(21(29)16-4-8-18(25)9-5-16)22(30)23(31)28(20)12-1-11-27-13-10-26-14-27/h2-10,13-14,20,29H,1,11-12H2/t20-/m0/s1. The summed E-state index contributed by atoms with van der Waals surface area (Å²) in [6, 6.07) is 11.1. The van der Waals surface area contributed by atoms with Gasteiger partial charge in [0.25, 0.3) is 11.7 Å². The molecule has 1 saturated heterocycles. The summed E-state index contributed by atoms with van der Waals surface area (Å²) in [7, 11) is 0. The number of hydrogen-bond acceptors (Lipinski definition) is 4. The molecule has 4 rings (SSSR count). The number of aliphatic hydroxyl groups excluding tert-OH is 1. The lowest BCUT2D eigenvalue weighted by Crippen LogP contribution is -2.31. The third-order valence-electron chi connectivity index (χ3n) is 5.22. The highest BCUT2D eigenvalue weighted by Gasteiger charge is 2.45. The normalized spacial score (nSPS) is 18.0. The molecule has 1 N–H and O–H groups in total. The van der Waals surface area contributed by atoms with Crippen molar-refractivity contribution in [1.82, 2.24) is 14.5 Å². The third kappa shape index (κ3) is 4.22. The highest BCUT2D eigenvalue weighted by molar-refractivity contribution is 6.46. The number of aliphatic hydroxyl groups is 1. The van der Waals surface area contributed by atoms with Gasteiger partial charge in [0.15, 0.2) is 0 Å². The number of halogens is 2. The Balaban J connectivity index is 1.72. The van der Waals surface area contributed by atoms with Crippen molar-refractivity contribution < 1.29 is 19.1 Å².